The van der Waals surface area contributed by atoms with E-state index in [0.29, 0.717) is 13.9 Å². The van der Waals surface area contributed by atoms with Crippen LogP contribution >= 0.6 is 43.2 Å². The number of rotatable bonds is 6. The van der Waals surface area contributed by atoms with Crippen LogP contribution in [-0.2, 0) is 6.18 Å². The molecule has 0 radical (unpaired) electrons. The Kier molecular flexibility index (Phi) is 7.09. The van der Waals surface area contributed by atoms with E-state index in [1.807, 2.05) is 0 Å². The molecule has 0 atom stereocenters. The Hall–Kier alpha value is -3.89. The molecule has 4 heterocycles. The van der Waals surface area contributed by atoms with Crippen molar-refractivity contribution in [2.24, 2.45) is 0 Å². The number of nitrogens with zero attached hydrogens (tertiary/aromatic N) is 5. The molecule has 0 spiro atoms. The van der Waals surface area contributed by atoms with Crippen LogP contribution in [0.5, 0.6) is 11.5 Å². The Morgan fingerprint density at radius 1 is 1.15 bits per heavy atom. The highest BCUT2D eigenvalue weighted by molar-refractivity contribution is 9.11. The average molecular weight is 684 g/mol. The fraction of sp³-hybridized carbons (Fsp3) is 0.0435. The highest BCUT2D eigenvalue weighted by atomic mass is 79.9. The van der Waals surface area contributed by atoms with Crippen molar-refractivity contribution < 1.29 is 27.6 Å². The number of ether oxygens (including phenoxy) is 1. The largest absolute Gasteiger partial charge is 0.455 e. The Morgan fingerprint density at radius 3 is 2.59 bits per heavy atom. The van der Waals surface area contributed by atoms with Gasteiger partial charge in [-0.3, -0.25) is 19.9 Å². The molecule has 1 amide bonds. The average Bonchev–Trinajstić information content (AvgIpc) is 3.46. The van der Waals surface area contributed by atoms with Crippen LogP contribution in [0.15, 0.2) is 69.2 Å². The zero-order valence-corrected chi connectivity index (χ0v) is 22.9. The summed E-state index contributed by atoms with van der Waals surface area (Å²) in [6.07, 6.45) is -1.92. The summed E-state index contributed by atoms with van der Waals surface area (Å²) in [6, 6.07) is 9.17. The number of nitro benzene ring substituents is 1. The molecule has 0 unspecified atom stereocenters. The second kappa shape index (κ2) is 10.3. The van der Waals surface area contributed by atoms with Crippen LogP contribution in [-0.4, -0.2) is 30.4 Å². The van der Waals surface area contributed by atoms with Crippen molar-refractivity contribution in [3.63, 3.8) is 0 Å². The number of benzene rings is 1. The number of halogens is 5. The first-order valence-corrected chi connectivity index (χ1v) is 13.1. The molecule has 0 aliphatic carbocycles. The molecule has 1 N–H and O–H groups in total. The van der Waals surface area contributed by atoms with E-state index in [9.17, 15) is 28.1 Å². The van der Waals surface area contributed by atoms with Crippen LogP contribution in [0, 0.1) is 10.1 Å². The maximum absolute atomic E-state index is 14.0. The number of nitrogens with one attached hydrogen (secondary N) is 1. The molecule has 1 aromatic carbocycles. The van der Waals surface area contributed by atoms with E-state index in [1.54, 1.807) is 23.6 Å². The lowest BCUT2D eigenvalue weighted by molar-refractivity contribution is -0.384. The van der Waals surface area contributed by atoms with Gasteiger partial charge in [0.25, 0.3) is 11.6 Å². The van der Waals surface area contributed by atoms with Gasteiger partial charge < -0.3 is 10.1 Å². The van der Waals surface area contributed by atoms with E-state index in [4.69, 9.17) is 4.74 Å². The summed E-state index contributed by atoms with van der Waals surface area (Å²) in [6.45, 7) is 0. The second-order valence-corrected chi connectivity index (χ2v) is 10.4. The van der Waals surface area contributed by atoms with Gasteiger partial charge in [0.2, 0.25) is 0 Å². The molecule has 0 saturated heterocycles. The van der Waals surface area contributed by atoms with Crippen LogP contribution in [0.25, 0.3) is 16.2 Å². The van der Waals surface area contributed by atoms with Gasteiger partial charge in [0.1, 0.15) is 11.5 Å². The fourth-order valence-electron chi connectivity index (χ4n) is 3.47. The van der Waals surface area contributed by atoms with E-state index >= 15 is 0 Å². The zero-order chi connectivity index (χ0) is 27.9. The van der Waals surface area contributed by atoms with Gasteiger partial charge in [0.05, 0.1) is 37.9 Å². The van der Waals surface area contributed by atoms with Gasteiger partial charge >= 0.3 is 6.18 Å². The lowest BCUT2D eigenvalue weighted by Gasteiger charge is -2.10. The summed E-state index contributed by atoms with van der Waals surface area (Å²) in [5, 5.41) is 19.4. The number of thiophene rings is 1. The number of carbonyl (C=O) groups is 1. The first kappa shape index (κ1) is 26.7. The van der Waals surface area contributed by atoms with Crippen molar-refractivity contribution in [1.29, 1.82) is 0 Å². The number of nitro groups is 1. The van der Waals surface area contributed by atoms with E-state index in [2.05, 4.69) is 52.2 Å². The topological polar surface area (TPSA) is 125 Å². The first-order valence-electron chi connectivity index (χ1n) is 10.6. The molecule has 0 bridgehead atoms. The van der Waals surface area contributed by atoms with Crippen molar-refractivity contribution in [2.75, 3.05) is 5.32 Å². The minimum absolute atomic E-state index is 0.0225. The van der Waals surface area contributed by atoms with Gasteiger partial charge in [0, 0.05) is 28.2 Å². The lowest BCUT2D eigenvalue weighted by atomic mass is 10.2. The summed E-state index contributed by atoms with van der Waals surface area (Å²) in [5.74, 6) is -0.624. The van der Waals surface area contributed by atoms with Crippen LogP contribution in [0.4, 0.5) is 24.5 Å². The number of alkyl halides is 3. The summed E-state index contributed by atoms with van der Waals surface area (Å²) in [5.41, 5.74) is -2.21. The molecular formula is C23H11Br2F3N6O4S. The van der Waals surface area contributed by atoms with Gasteiger partial charge in [-0.1, -0.05) is 0 Å². The Bertz CT molecular complexity index is 1740. The van der Waals surface area contributed by atoms with Crippen molar-refractivity contribution in [2.45, 2.75) is 6.18 Å². The fourth-order valence-corrected chi connectivity index (χ4v) is 5.37. The molecule has 4 aromatic heterocycles. The quantitative estimate of drug-likeness (QED) is 0.147. The Labute approximate surface area is 236 Å². The minimum Gasteiger partial charge on any atom is -0.455 e. The number of carbonyl (C=O) groups excluding carboxylic acids is 1. The predicted molar refractivity (Wildman–Crippen MR) is 142 cm³/mol. The molecule has 39 heavy (non-hydrogen) atoms. The predicted octanol–water partition coefficient (Wildman–Crippen LogP) is 7.35. The number of hydrogen-bond donors (Lipinski definition) is 1. The molecule has 5 aromatic rings. The summed E-state index contributed by atoms with van der Waals surface area (Å²) < 4.78 is 48.6. The third-order valence-electron chi connectivity index (χ3n) is 5.09. The maximum Gasteiger partial charge on any atom is 0.433 e. The molecule has 5 rings (SSSR count). The van der Waals surface area contributed by atoms with Crippen molar-refractivity contribution in [1.82, 2.24) is 19.6 Å². The van der Waals surface area contributed by atoms with Gasteiger partial charge in [-0.2, -0.15) is 18.3 Å². The molecule has 16 heteroatoms. The molecule has 0 aliphatic heterocycles. The number of pyridine rings is 1. The van der Waals surface area contributed by atoms with Crippen LogP contribution in [0.3, 0.4) is 0 Å². The van der Waals surface area contributed by atoms with Crippen LogP contribution in [0.1, 0.15) is 16.2 Å². The van der Waals surface area contributed by atoms with Gasteiger partial charge in [-0.15, -0.1) is 11.3 Å². The van der Waals surface area contributed by atoms with Crippen molar-refractivity contribution in [3.8, 4) is 22.1 Å². The maximum atomic E-state index is 14.0. The smallest absolute Gasteiger partial charge is 0.433 e. The number of non-ortho nitro benzene ring substituents is 1. The van der Waals surface area contributed by atoms with Crippen molar-refractivity contribution in [3.05, 3.63) is 90.7 Å². The van der Waals surface area contributed by atoms with E-state index in [0.717, 1.165) is 18.2 Å². The second-order valence-electron chi connectivity index (χ2n) is 7.77. The standard InChI is InChI=1S/C23H11Br2F3N6O4S/c24-11-4-17(39-10-11)16-8-18(23(26,27)28)33-21(31-16)19(25)20(32-33)22(35)30-12-5-13(34(36)37)7-15(6-12)38-14-2-1-3-29-9-14/h1-10H,(H,30,35). The SMILES string of the molecule is O=C(Nc1cc(Oc2cccnc2)cc([N+](=O)[O-])c1)c1nn2c(C(F)(F)F)cc(-c3cc(Br)cs3)nc2c1Br. The normalized spacial score (nSPS) is 11.5. The number of hydrogen-bond acceptors (Lipinski definition) is 8. The third-order valence-corrected chi connectivity index (χ3v) is 7.53. The lowest BCUT2D eigenvalue weighted by Crippen LogP contribution is -2.16. The Morgan fingerprint density at radius 2 is 1.95 bits per heavy atom. The molecular weight excluding hydrogens is 673 g/mol. The van der Waals surface area contributed by atoms with Gasteiger partial charge in [-0.25, -0.2) is 9.50 Å². The van der Waals surface area contributed by atoms with E-state index < -0.39 is 34.1 Å². The molecule has 0 aliphatic rings. The molecule has 0 fully saturated rings. The Balaban J connectivity index is 1.54. The summed E-state index contributed by atoms with van der Waals surface area (Å²) in [4.78, 5) is 32.5. The van der Waals surface area contributed by atoms with E-state index in [1.165, 1.54) is 29.8 Å². The third kappa shape index (κ3) is 5.62. The number of aromatic nitrogens is 4. The highest BCUT2D eigenvalue weighted by Gasteiger charge is 2.37. The highest BCUT2D eigenvalue weighted by Crippen LogP contribution is 2.37. The minimum atomic E-state index is -4.82. The molecule has 0 saturated carbocycles. The summed E-state index contributed by atoms with van der Waals surface area (Å²) >= 11 is 7.61. The monoisotopic (exact) mass is 682 g/mol. The van der Waals surface area contributed by atoms with Gasteiger partial charge in [-0.05, 0) is 56.1 Å². The number of anilines is 1. The number of amides is 1. The van der Waals surface area contributed by atoms with Crippen LogP contribution in [0.2, 0.25) is 0 Å². The van der Waals surface area contributed by atoms with E-state index in [-0.39, 0.29) is 33.0 Å². The van der Waals surface area contributed by atoms with Gasteiger partial charge in [0.15, 0.2) is 17.0 Å². The number of fused-ring (bicyclic) bond motifs is 1. The summed E-state index contributed by atoms with van der Waals surface area (Å²) in [7, 11) is 0. The van der Waals surface area contributed by atoms with Crippen LogP contribution < -0.4 is 10.1 Å². The molecule has 10 nitrogen and oxygen atoms in total. The zero-order valence-electron chi connectivity index (χ0n) is 18.9. The molecule has 198 valence electrons. The van der Waals surface area contributed by atoms with Crippen molar-refractivity contribution >= 4 is 66.1 Å². The first-order chi connectivity index (χ1) is 18.5.